The van der Waals surface area contributed by atoms with Crippen LogP contribution in [-0.2, 0) is 11.2 Å². The maximum absolute atomic E-state index is 10.7. The third kappa shape index (κ3) is 4.66. The Kier molecular flexibility index (Phi) is 6.40. The number of halogens is 2. The molecule has 0 aliphatic heterocycles. The molecular formula is C18H18Cl2O2S. The molecule has 0 atom stereocenters. The van der Waals surface area contributed by atoms with E-state index in [0.29, 0.717) is 22.4 Å². The third-order valence-electron chi connectivity index (χ3n) is 3.50. The molecule has 0 spiro atoms. The second kappa shape index (κ2) is 8.09. The Morgan fingerprint density at radius 3 is 2.43 bits per heavy atom. The molecule has 0 saturated carbocycles. The summed E-state index contributed by atoms with van der Waals surface area (Å²) >= 11 is 14.3. The zero-order chi connectivity index (χ0) is 17.0. The average Bonchev–Trinajstić information content (AvgIpc) is 2.51. The molecule has 23 heavy (non-hydrogen) atoms. The van der Waals surface area contributed by atoms with Gasteiger partial charge in [0.05, 0.1) is 10.0 Å². The highest BCUT2D eigenvalue weighted by Gasteiger charge is 2.14. The summed E-state index contributed by atoms with van der Waals surface area (Å²) < 4.78 is 0. The van der Waals surface area contributed by atoms with Crippen molar-refractivity contribution >= 4 is 40.9 Å². The molecule has 122 valence electrons. The minimum Gasteiger partial charge on any atom is -0.481 e. The monoisotopic (exact) mass is 368 g/mol. The van der Waals surface area contributed by atoms with Crippen molar-refractivity contribution in [3.05, 3.63) is 57.6 Å². The number of carbonyl (C=O) groups is 1. The van der Waals surface area contributed by atoms with E-state index in [1.54, 1.807) is 11.8 Å². The lowest BCUT2D eigenvalue weighted by atomic mass is 10.0. The van der Waals surface area contributed by atoms with Crippen molar-refractivity contribution in [3.8, 4) is 0 Å². The topological polar surface area (TPSA) is 37.3 Å². The van der Waals surface area contributed by atoms with Crippen molar-refractivity contribution < 1.29 is 9.90 Å². The molecule has 0 fully saturated rings. The first-order valence-corrected chi connectivity index (χ1v) is 8.92. The predicted molar refractivity (Wildman–Crippen MR) is 97.1 cm³/mol. The van der Waals surface area contributed by atoms with E-state index >= 15 is 0 Å². The molecular weight excluding hydrogens is 351 g/mol. The van der Waals surface area contributed by atoms with E-state index < -0.39 is 5.97 Å². The molecule has 0 radical (unpaired) electrons. The summed E-state index contributed by atoms with van der Waals surface area (Å²) in [6.45, 7) is 4.31. The summed E-state index contributed by atoms with van der Waals surface area (Å²) in [6, 6.07) is 12.0. The summed E-state index contributed by atoms with van der Waals surface area (Å²) in [5.41, 5.74) is 2.03. The van der Waals surface area contributed by atoms with Crippen LogP contribution in [0.3, 0.4) is 0 Å². The zero-order valence-corrected chi connectivity index (χ0v) is 15.3. The van der Waals surface area contributed by atoms with Gasteiger partial charge in [0.2, 0.25) is 0 Å². The highest BCUT2D eigenvalue weighted by Crippen LogP contribution is 2.41. The van der Waals surface area contributed by atoms with Crippen molar-refractivity contribution in [2.45, 2.75) is 42.4 Å². The first-order valence-electron chi connectivity index (χ1n) is 7.35. The van der Waals surface area contributed by atoms with Crippen LogP contribution in [0.2, 0.25) is 10.0 Å². The van der Waals surface area contributed by atoms with Gasteiger partial charge < -0.3 is 5.11 Å². The first kappa shape index (κ1) is 18.2. The maximum atomic E-state index is 10.7. The number of carboxylic acids is 1. The van der Waals surface area contributed by atoms with Crippen molar-refractivity contribution in [2.75, 3.05) is 0 Å². The fourth-order valence-electron chi connectivity index (χ4n) is 2.25. The molecule has 5 heteroatoms. The lowest BCUT2D eigenvalue weighted by Gasteiger charge is -2.14. The van der Waals surface area contributed by atoms with E-state index in [1.807, 2.05) is 24.3 Å². The summed E-state index contributed by atoms with van der Waals surface area (Å²) in [6.07, 6.45) is 0.417. The second-order valence-electron chi connectivity index (χ2n) is 5.54. The lowest BCUT2D eigenvalue weighted by molar-refractivity contribution is -0.136. The molecule has 0 bridgehead atoms. The molecule has 0 saturated heterocycles. The predicted octanol–water partition coefficient (Wildman–Crippen LogP) is 6.29. The van der Waals surface area contributed by atoms with Gasteiger partial charge in [0.15, 0.2) is 0 Å². The Balaban J connectivity index is 2.28. The number of carboxylic acid groups (broad SMARTS) is 1. The van der Waals surface area contributed by atoms with Crippen molar-refractivity contribution in [1.29, 1.82) is 0 Å². The highest BCUT2D eigenvalue weighted by molar-refractivity contribution is 7.99. The standard InChI is InChI=1S/C18H18Cl2O2S/c1-11(2)13-5-3-4-6-14(13)23-15-9-7-12(8-10-16(21)22)17(19)18(15)20/h3-7,9,11H,8,10H2,1-2H3,(H,21,22). The highest BCUT2D eigenvalue weighted by atomic mass is 35.5. The number of hydrogen-bond donors (Lipinski definition) is 1. The van der Waals surface area contributed by atoms with Crippen molar-refractivity contribution in [2.24, 2.45) is 0 Å². The molecule has 2 aromatic carbocycles. The molecule has 1 N–H and O–H groups in total. The molecule has 0 amide bonds. The lowest BCUT2D eigenvalue weighted by Crippen LogP contribution is -1.98. The Hall–Kier alpha value is -1.16. The summed E-state index contributed by atoms with van der Waals surface area (Å²) in [5.74, 6) is -0.427. The summed E-state index contributed by atoms with van der Waals surface area (Å²) in [7, 11) is 0. The smallest absolute Gasteiger partial charge is 0.303 e. The minimum absolute atomic E-state index is 0.0404. The normalized spacial score (nSPS) is 11.0. The van der Waals surface area contributed by atoms with Gasteiger partial charge in [-0.25, -0.2) is 0 Å². The van der Waals surface area contributed by atoms with Crippen molar-refractivity contribution in [1.82, 2.24) is 0 Å². The molecule has 2 nitrogen and oxygen atoms in total. The van der Waals surface area contributed by atoms with E-state index in [4.69, 9.17) is 28.3 Å². The van der Waals surface area contributed by atoms with E-state index in [-0.39, 0.29) is 6.42 Å². The van der Waals surface area contributed by atoms with Gasteiger partial charge in [0.25, 0.3) is 0 Å². The summed E-state index contributed by atoms with van der Waals surface area (Å²) in [4.78, 5) is 12.7. The molecule has 0 unspecified atom stereocenters. The Morgan fingerprint density at radius 1 is 1.09 bits per heavy atom. The van der Waals surface area contributed by atoms with Crippen LogP contribution in [0, 0.1) is 0 Å². The maximum Gasteiger partial charge on any atom is 0.303 e. The number of hydrogen-bond acceptors (Lipinski definition) is 2. The molecule has 0 heterocycles. The van der Waals surface area contributed by atoms with E-state index in [1.165, 1.54) is 5.56 Å². The fraction of sp³-hybridized carbons (Fsp3) is 0.278. The number of rotatable bonds is 6. The molecule has 0 aliphatic carbocycles. The SMILES string of the molecule is CC(C)c1ccccc1Sc1ccc(CCC(=O)O)c(Cl)c1Cl. The van der Waals surface area contributed by atoms with Gasteiger partial charge in [-0.2, -0.15) is 0 Å². The summed E-state index contributed by atoms with van der Waals surface area (Å²) in [5, 5.41) is 9.72. The van der Waals surface area contributed by atoms with Crippen LogP contribution in [0.25, 0.3) is 0 Å². The quantitative estimate of drug-likeness (QED) is 0.651. The van der Waals surface area contributed by atoms with E-state index in [0.717, 1.165) is 15.4 Å². The molecule has 0 aliphatic rings. The zero-order valence-electron chi connectivity index (χ0n) is 13.0. The minimum atomic E-state index is -0.846. The first-order chi connectivity index (χ1) is 10.9. The van der Waals surface area contributed by atoms with E-state index in [9.17, 15) is 4.79 Å². The molecule has 2 rings (SSSR count). The second-order valence-corrected chi connectivity index (χ2v) is 7.38. The van der Waals surface area contributed by atoms with Gasteiger partial charge in [-0.15, -0.1) is 0 Å². The van der Waals surface area contributed by atoms with E-state index in [2.05, 4.69) is 26.0 Å². The third-order valence-corrected chi connectivity index (χ3v) is 5.68. The Labute approximate surface area is 150 Å². The number of aliphatic carboxylic acids is 1. The van der Waals surface area contributed by atoms with Crippen LogP contribution < -0.4 is 0 Å². The van der Waals surface area contributed by atoms with Crippen LogP contribution in [0.5, 0.6) is 0 Å². The Bertz CT molecular complexity index is 714. The van der Waals surface area contributed by atoms with Crippen LogP contribution in [-0.4, -0.2) is 11.1 Å². The van der Waals surface area contributed by atoms with Gasteiger partial charge >= 0.3 is 5.97 Å². The number of benzene rings is 2. The van der Waals surface area contributed by atoms with Gasteiger partial charge in [-0.1, -0.05) is 73.1 Å². The largest absolute Gasteiger partial charge is 0.481 e. The van der Waals surface area contributed by atoms with Crippen LogP contribution >= 0.6 is 35.0 Å². The average molecular weight is 369 g/mol. The Morgan fingerprint density at radius 2 is 1.78 bits per heavy atom. The molecule has 2 aromatic rings. The fourth-order valence-corrected chi connectivity index (χ4v) is 4.00. The van der Waals surface area contributed by atoms with Gasteiger partial charge in [-0.05, 0) is 35.6 Å². The van der Waals surface area contributed by atoms with Crippen LogP contribution in [0.15, 0.2) is 46.2 Å². The molecule has 0 aromatic heterocycles. The van der Waals surface area contributed by atoms with Gasteiger partial charge in [-0.3, -0.25) is 4.79 Å². The van der Waals surface area contributed by atoms with Gasteiger partial charge in [0, 0.05) is 16.2 Å². The van der Waals surface area contributed by atoms with Crippen LogP contribution in [0.4, 0.5) is 0 Å². The van der Waals surface area contributed by atoms with Gasteiger partial charge in [0.1, 0.15) is 0 Å². The van der Waals surface area contributed by atoms with Crippen molar-refractivity contribution in [3.63, 3.8) is 0 Å². The van der Waals surface area contributed by atoms with Crippen LogP contribution in [0.1, 0.15) is 37.3 Å². The number of aryl methyl sites for hydroxylation is 1.